The molecule has 4 aromatic rings. The van der Waals surface area contributed by atoms with Gasteiger partial charge in [-0.2, -0.15) is 5.10 Å². The molecule has 0 fully saturated rings. The SMILES string of the molecule is Cc1cc(Nc2nc(CO)nc3scc(-c4ccc(F)cc4)c23)n[nH]1. The number of aromatic amines is 1. The van der Waals surface area contributed by atoms with Crippen molar-refractivity contribution in [3.63, 3.8) is 0 Å². The number of nitrogens with zero attached hydrogens (tertiary/aromatic N) is 3. The van der Waals surface area contributed by atoms with Crippen LogP contribution in [-0.2, 0) is 6.61 Å². The van der Waals surface area contributed by atoms with E-state index in [1.54, 1.807) is 12.1 Å². The first-order valence-corrected chi connectivity index (χ1v) is 8.46. The van der Waals surface area contributed by atoms with Crippen LogP contribution in [0, 0.1) is 12.7 Å². The fourth-order valence-electron chi connectivity index (χ4n) is 2.59. The van der Waals surface area contributed by atoms with Gasteiger partial charge in [-0.15, -0.1) is 11.3 Å². The van der Waals surface area contributed by atoms with Crippen molar-refractivity contribution in [3.05, 3.63) is 53.0 Å². The molecule has 0 radical (unpaired) electrons. The summed E-state index contributed by atoms with van der Waals surface area (Å²) in [5.41, 5.74) is 2.69. The number of rotatable bonds is 4. The molecule has 3 heterocycles. The van der Waals surface area contributed by atoms with Gasteiger partial charge in [-0.25, -0.2) is 14.4 Å². The Morgan fingerprint density at radius 1 is 1.24 bits per heavy atom. The highest BCUT2D eigenvalue weighted by Crippen LogP contribution is 2.37. The van der Waals surface area contributed by atoms with Gasteiger partial charge in [0.25, 0.3) is 0 Å². The lowest BCUT2D eigenvalue weighted by Crippen LogP contribution is -2.01. The maximum atomic E-state index is 13.2. The van der Waals surface area contributed by atoms with Crippen molar-refractivity contribution in [1.29, 1.82) is 0 Å². The maximum absolute atomic E-state index is 13.2. The molecule has 6 nitrogen and oxygen atoms in total. The lowest BCUT2D eigenvalue weighted by atomic mass is 10.1. The van der Waals surface area contributed by atoms with Gasteiger partial charge in [-0.1, -0.05) is 12.1 Å². The Bertz CT molecular complexity index is 1040. The predicted octanol–water partition coefficient (Wildman–Crippen LogP) is 3.76. The summed E-state index contributed by atoms with van der Waals surface area (Å²) in [7, 11) is 0. The molecule has 0 saturated carbocycles. The number of H-pyrrole nitrogens is 1. The minimum Gasteiger partial charge on any atom is -0.388 e. The van der Waals surface area contributed by atoms with Crippen LogP contribution >= 0.6 is 11.3 Å². The number of thiophene rings is 1. The summed E-state index contributed by atoms with van der Waals surface area (Å²) in [6, 6.07) is 8.15. The molecule has 0 aliphatic heterocycles. The molecule has 0 amide bonds. The molecule has 126 valence electrons. The highest BCUT2D eigenvalue weighted by atomic mass is 32.1. The van der Waals surface area contributed by atoms with E-state index in [4.69, 9.17) is 0 Å². The summed E-state index contributed by atoms with van der Waals surface area (Å²) in [5.74, 6) is 1.22. The van der Waals surface area contributed by atoms with Crippen molar-refractivity contribution in [2.24, 2.45) is 0 Å². The van der Waals surface area contributed by atoms with Crippen LogP contribution in [0.4, 0.5) is 16.0 Å². The first kappa shape index (κ1) is 15.7. The Morgan fingerprint density at radius 3 is 2.72 bits per heavy atom. The largest absolute Gasteiger partial charge is 0.388 e. The molecule has 25 heavy (non-hydrogen) atoms. The number of aliphatic hydroxyl groups excluding tert-OH is 1. The van der Waals surface area contributed by atoms with Crippen LogP contribution in [0.5, 0.6) is 0 Å². The first-order chi connectivity index (χ1) is 12.1. The van der Waals surface area contributed by atoms with E-state index in [-0.39, 0.29) is 12.4 Å². The molecule has 1 aromatic carbocycles. The lowest BCUT2D eigenvalue weighted by molar-refractivity contribution is 0.272. The van der Waals surface area contributed by atoms with E-state index in [1.807, 2.05) is 18.4 Å². The van der Waals surface area contributed by atoms with Gasteiger partial charge in [-0.3, -0.25) is 5.10 Å². The molecule has 0 aliphatic rings. The van der Waals surface area contributed by atoms with Crippen molar-refractivity contribution in [2.75, 3.05) is 5.32 Å². The van der Waals surface area contributed by atoms with Gasteiger partial charge in [0.05, 0.1) is 5.39 Å². The Hall–Kier alpha value is -2.84. The molecule has 0 saturated heterocycles. The van der Waals surface area contributed by atoms with E-state index in [9.17, 15) is 9.50 Å². The van der Waals surface area contributed by atoms with Gasteiger partial charge in [0.2, 0.25) is 0 Å². The number of aromatic nitrogens is 4. The number of hydrogen-bond acceptors (Lipinski definition) is 6. The van der Waals surface area contributed by atoms with Crippen LogP contribution < -0.4 is 5.32 Å². The quantitative estimate of drug-likeness (QED) is 0.519. The van der Waals surface area contributed by atoms with Crippen LogP contribution in [0.1, 0.15) is 11.5 Å². The van der Waals surface area contributed by atoms with Crippen molar-refractivity contribution in [2.45, 2.75) is 13.5 Å². The number of nitrogens with one attached hydrogen (secondary N) is 2. The van der Waals surface area contributed by atoms with Gasteiger partial charge in [0.15, 0.2) is 11.6 Å². The molecular weight excluding hydrogens is 341 g/mol. The summed E-state index contributed by atoms with van der Waals surface area (Å²) in [4.78, 5) is 9.53. The summed E-state index contributed by atoms with van der Waals surface area (Å²) >= 11 is 1.45. The standard InChI is InChI=1S/C17H14FN5OS/c1-9-6-13(23-22-9)19-16-15-12(10-2-4-11(18)5-3-10)8-25-17(15)21-14(7-24)20-16/h2-6,8,24H,7H2,1H3,(H2,19,20,21,22,23). The van der Waals surface area contributed by atoms with E-state index >= 15 is 0 Å². The molecule has 0 spiro atoms. The number of aryl methyl sites for hydroxylation is 1. The topological polar surface area (TPSA) is 86.7 Å². The molecule has 4 rings (SSSR count). The smallest absolute Gasteiger partial charge is 0.157 e. The number of fused-ring (bicyclic) bond motifs is 1. The molecule has 0 unspecified atom stereocenters. The normalized spacial score (nSPS) is 11.2. The van der Waals surface area contributed by atoms with Gasteiger partial charge in [-0.05, 0) is 24.6 Å². The zero-order chi connectivity index (χ0) is 17.4. The zero-order valence-corrected chi connectivity index (χ0v) is 14.1. The summed E-state index contributed by atoms with van der Waals surface area (Å²) < 4.78 is 13.2. The van der Waals surface area contributed by atoms with Gasteiger partial charge in [0, 0.05) is 22.7 Å². The van der Waals surface area contributed by atoms with Gasteiger partial charge < -0.3 is 10.4 Å². The fraction of sp³-hybridized carbons (Fsp3) is 0.118. The molecule has 8 heteroatoms. The third-order valence-corrected chi connectivity index (χ3v) is 4.60. The molecule has 0 bridgehead atoms. The number of benzene rings is 1. The maximum Gasteiger partial charge on any atom is 0.157 e. The fourth-order valence-corrected chi connectivity index (χ4v) is 3.56. The van der Waals surface area contributed by atoms with Crippen molar-refractivity contribution in [1.82, 2.24) is 20.2 Å². The average molecular weight is 355 g/mol. The van der Waals surface area contributed by atoms with Crippen molar-refractivity contribution >= 4 is 33.2 Å². The van der Waals surface area contributed by atoms with Crippen molar-refractivity contribution in [3.8, 4) is 11.1 Å². The summed E-state index contributed by atoms with van der Waals surface area (Å²) in [6.45, 7) is 1.65. The predicted molar refractivity (Wildman–Crippen MR) is 95.3 cm³/mol. The second-order valence-corrected chi connectivity index (χ2v) is 6.40. The van der Waals surface area contributed by atoms with E-state index < -0.39 is 0 Å². The molecular formula is C17H14FN5OS. The number of hydrogen-bond donors (Lipinski definition) is 3. The highest BCUT2D eigenvalue weighted by molar-refractivity contribution is 7.17. The van der Waals surface area contributed by atoms with Crippen LogP contribution in [-0.4, -0.2) is 25.3 Å². The minimum atomic E-state index is -0.285. The number of halogens is 1. The van der Waals surface area contributed by atoms with Crippen LogP contribution in [0.15, 0.2) is 35.7 Å². The zero-order valence-electron chi connectivity index (χ0n) is 13.2. The first-order valence-electron chi connectivity index (χ1n) is 7.58. The minimum absolute atomic E-state index is 0.256. The summed E-state index contributed by atoms with van der Waals surface area (Å²) in [6.07, 6.45) is 0. The number of anilines is 2. The highest BCUT2D eigenvalue weighted by Gasteiger charge is 2.16. The second kappa shape index (κ2) is 6.23. The second-order valence-electron chi connectivity index (χ2n) is 5.54. The average Bonchev–Trinajstić information content (AvgIpc) is 3.22. The monoisotopic (exact) mass is 355 g/mol. The van der Waals surface area contributed by atoms with Gasteiger partial charge in [0.1, 0.15) is 23.1 Å². The van der Waals surface area contributed by atoms with Crippen LogP contribution in [0.3, 0.4) is 0 Å². The third kappa shape index (κ3) is 2.97. The van der Waals surface area contributed by atoms with E-state index in [1.165, 1.54) is 23.5 Å². The lowest BCUT2D eigenvalue weighted by Gasteiger charge is -2.08. The van der Waals surface area contributed by atoms with Crippen molar-refractivity contribution < 1.29 is 9.50 Å². The van der Waals surface area contributed by atoms with Gasteiger partial charge >= 0.3 is 0 Å². The molecule has 3 N–H and O–H groups in total. The van der Waals surface area contributed by atoms with Crippen LogP contribution in [0.25, 0.3) is 21.3 Å². The Kier molecular flexibility index (Phi) is 3.90. The molecule has 0 aliphatic carbocycles. The Labute approximate surface area is 146 Å². The molecule has 3 aromatic heterocycles. The van der Waals surface area contributed by atoms with E-state index in [2.05, 4.69) is 25.5 Å². The summed E-state index contributed by atoms with van der Waals surface area (Å²) in [5, 5.41) is 22.4. The van der Waals surface area contributed by atoms with E-state index in [0.29, 0.717) is 17.5 Å². The number of aliphatic hydroxyl groups is 1. The van der Waals surface area contributed by atoms with E-state index in [0.717, 1.165) is 27.0 Å². The third-order valence-electron chi connectivity index (χ3n) is 3.73. The Balaban J connectivity index is 1.89. The Morgan fingerprint density at radius 2 is 2.04 bits per heavy atom. The van der Waals surface area contributed by atoms with Crippen LogP contribution in [0.2, 0.25) is 0 Å². The molecule has 0 atom stereocenters.